The van der Waals surface area contributed by atoms with Crippen LogP contribution in [0.1, 0.15) is 23.1 Å². The highest BCUT2D eigenvalue weighted by atomic mass is 32.2. The molecular formula is C26H27F2N2O6PS. The quantitative estimate of drug-likeness (QED) is 0.194. The monoisotopic (exact) mass is 564 g/mol. The van der Waals surface area contributed by atoms with E-state index in [1.165, 1.54) is 36.4 Å². The number of sulfonamides is 1. The summed E-state index contributed by atoms with van der Waals surface area (Å²) in [6.45, 7) is 0.221. The molecule has 0 fully saturated rings. The average molecular weight is 565 g/mol. The van der Waals surface area contributed by atoms with E-state index < -0.39 is 40.8 Å². The minimum atomic E-state index is -5.74. The van der Waals surface area contributed by atoms with Gasteiger partial charge in [-0.15, -0.1) is 0 Å². The summed E-state index contributed by atoms with van der Waals surface area (Å²) in [6, 6.07) is 19.7. The number of alkyl halides is 2. The van der Waals surface area contributed by atoms with Gasteiger partial charge in [-0.25, -0.2) is 8.42 Å². The molecule has 3 aromatic carbocycles. The first-order valence-corrected chi connectivity index (χ1v) is 14.6. The Labute approximate surface area is 219 Å². The van der Waals surface area contributed by atoms with Crippen LogP contribution in [0.3, 0.4) is 0 Å². The Morgan fingerprint density at radius 3 is 2.11 bits per heavy atom. The van der Waals surface area contributed by atoms with E-state index in [1.807, 2.05) is 42.5 Å². The average Bonchev–Trinajstić information content (AvgIpc) is 2.88. The van der Waals surface area contributed by atoms with Gasteiger partial charge >= 0.3 is 13.3 Å². The number of halogens is 2. The van der Waals surface area contributed by atoms with Gasteiger partial charge in [0.1, 0.15) is 6.04 Å². The van der Waals surface area contributed by atoms with Crippen LogP contribution in [0.5, 0.6) is 0 Å². The highest BCUT2D eigenvalue weighted by molar-refractivity contribution is 7.89. The summed E-state index contributed by atoms with van der Waals surface area (Å²) in [4.78, 5) is 30.8. The van der Waals surface area contributed by atoms with Gasteiger partial charge in [0.15, 0.2) is 0 Å². The fourth-order valence-electron chi connectivity index (χ4n) is 3.47. The normalized spacial score (nSPS) is 13.4. The van der Waals surface area contributed by atoms with Gasteiger partial charge in [0.2, 0.25) is 15.9 Å². The van der Waals surface area contributed by atoms with Gasteiger partial charge in [0.05, 0.1) is 4.90 Å². The zero-order valence-electron chi connectivity index (χ0n) is 20.1. The van der Waals surface area contributed by atoms with Crippen LogP contribution < -0.4 is 10.0 Å². The van der Waals surface area contributed by atoms with Crippen LogP contribution in [-0.2, 0) is 31.5 Å². The number of hydrogen-bond donors (Lipinski definition) is 4. The van der Waals surface area contributed by atoms with Crippen molar-refractivity contribution in [2.24, 2.45) is 0 Å². The second-order valence-electron chi connectivity index (χ2n) is 8.37. The molecule has 8 nitrogen and oxygen atoms in total. The van der Waals surface area contributed by atoms with Crippen molar-refractivity contribution in [1.29, 1.82) is 0 Å². The minimum absolute atomic E-state index is 0.0553. The SMILES string of the molecule is O=C(NCCC=Cc1ccccc1)[C@H](Cc1ccc(C(F)(F)P(=O)(O)O)cc1)NS(=O)(=O)c1ccccc1. The van der Waals surface area contributed by atoms with E-state index in [-0.39, 0.29) is 17.9 Å². The summed E-state index contributed by atoms with van der Waals surface area (Å²) in [5.74, 6) is -0.623. The summed E-state index contributed by atoms with van der Waals surface area (Å²) in [5, 5.41) is 2.68. The maximum atomic E-state index is 14.0. The van der Waals surface area contributed by atoms with Gasteiger partial charge in [-0.1, -0.05) is 84.9 Å². The highest BCUT2D eigenvalue weighted by Crippen LogP contribution is 2.59. The molecule has 12 heteroatoms. The van der Waals surface area contributed by atoms with Crippen LogP contribution in [0.15, 0.2) is 95.9 Å². The fraction of sp³-hybridized carbons (Fsp3) is 0.192. The molecule has 0 aromatic heterocycles. The Morgan fingerprint density at radius 2 is 1.53 bits per heavy atom. The molecule has 1 atom stereocenters. The largest absolute Gasteiger partial charge is 0.399 e. The van der Waals surface area contributed by atoms with Crippen LogP contribution in [0.2, 0.25) is 0 Å². The Hall–Kier alpha value is -3.21. The first-order valence-electron chi connectivity index (χ1n) is 11.5. The predicted molar refractivity (Wildman–Crippen MR) is 140 cm³/mol. The van der Waals surface area contributed by atoms with Crippen molar-refractivity contribution >= 4 is 29.6 Å². The highest BCUT2D eigenvalue weighted by Gasteiger charge is 2.50. The van der Waals surface area contributed by atoms with Crippen LogP contribution in [0.25, 0.3) is 6.08 Å². The molecule has 0 bridgehead atoms. The van der Waals surface area contributed by atoms with Crippen molar-refractivity contribution in [3.63, 3.8) is 0 Å². The Balaban J connectivity index is 1.74. The number of carbonyl (C=O) groups excluding carboxylic acids is 1. The number of nitrogens with one attached hydrogen (secondary N) is 2. The van der Waals surface area contributed by atoms with E-state index in [9.17, 15) is 26.6 Å². The van der Waals surface area contributed by atoms with Gasteiger partial charge in [-0.2, -0.15) is 13.5 Å². The second-order valence-corrected chi connectivity index (χ2v) is 11.7. The van der Waals surface area contributed by atoms with Crippen molar-refractivity contribution in [1.82, 2.24) is 10.0 Å². The molecule has 0 unspecified atom stereocenters. The lowest BCUT2D eigenvalue weighted by Crippen LogP contribution is -2.48. The lowest BCUT2D eigenvalue weighted by Gasteiger charge is -2.20. The third-order valence-electron chi connectivity index (χ3n) is 5.49. The molecule has 3 rings (SSSR count). The third kappa shape index (κ3) is 7.89. The maximum absolute atomic E-state index is 14.0. The van der Waals surface area contributed by atoms with Crippen LogP contribution in [0, 0.1) is 0 Å². The summed E-state index contributed by atoms with van der Waals surface area (Å²) < 4.78 is 67.2. The number of carbonyl (C=O) groups is 1. The molecule has 1 amide bonds. The van der Waals surface area contributed by atoms with E-state index in [4.69, 9.17) is 9.79 Å². The molecule has 202 valence electrons. The summed E-state index contributed by atoms with van der Waals surface area (Å²) >= 11 is 0. The molecule has 0 heterocycles. The molecule has 4 N–H and O–H groups in total. The van der Waals surface area contributed by atoms with Crippen molar-refractivity contribution in [2.75, 3.05) is 6.54 Å². The number of amides is 1. The summed E-state index contributed by atoms with van der Waals surface area (Å²) in [6.07, 6.45) is 4.03. The zero-order chi connectivity index (χ0) is 27.8. The smallest absolute Gasteiger partial charge is 0.354 e. The van der Waals surface area contributed by atoms with Crippen molar-refractivity contribution in [3.05, 3.63) is 108 Å². The Bertz CT molecular complexity index is 1400. The van der Waals surface area contributed by atoms with Crippen molar-refractivity contribution < 1.29 is 36.3 Å². The van der Waals surface area contributed by atoms with E-state index in [1.54, 1.807) is 6.07 Å². The molecular weight excluding hydrogens is 537 g/mol. The van der Waals surface area contributed by atoms with E-state index in [0.717, 1.165) is 17.7 Å². The number of benzene rings is 3. The Morgan fingerprint density at radius 1 is 0.947 bits per heavy atom. The molecule has 38 heavy (non-hydrogen) atoms. The van der Waals surface area contributed by atoms with E-state index >= 15 is 0 Å². The van der Waals surface area contributed by atoms with Crippen LogP contribution in [-0.4, -0.2) is 36.7 Å². The lowest BCUT2D eigenvalue weighted by molar-refractivity contribution is -0.122. The summed E-state index contributed by atoms with van der Waals surface area (Å²) in [7, 11) is -9.84. The van der Waals surface area contributed by atoms with Crippen LogP contribution >= 0.6 is 7.60 Å². The van der Waals surface area contributed by atoms with Gasteiger partial charge in [0, 0.05) is 12.1 Å². The van der Waals surface area contributed by atoms with E-state index in [2.05, 4.69) is 10.0 Å². The number of rotatable bonds is 12. The molecule has 0 saturated carbocycles. The maximum Gasteiger partial charge on any atom is 0.399 e. The second kappa shape index (κ2) is 12.6. The minimum Gasteiger partial charge on any atom is -0.354 e. The molecule has 0 aliphatic heterocycles. The first kappa shape index (κ1) is 29.3. The molecule has 0 aliphatic rings. The Kier molecular flexibility index (Phi) is 9.70. The van der Waals surface area contributed by atoms with Crippen molar-refractivity contribution in [3.8, 4) is 0 Å². The molecule has 0 spiro atoms. The van der Waals surface area contributed by atoms with Gasteiger partial charge in [-0.05, 0) is 36.1 Å². The predicted octanol–water partition coefficient (Wildman–Crippen LogP) is 4.02. The van der Waals surface area contributed by atoms with Gasteiger partial charge < -0.3 is 15.1 Å². The molecule has 0 saturated heterocycles. The first-order chi connectivity index (χ1) is 17.9. The molecule has 3 aromatic rings. The fourth-order valence-corrected chi connectivity index (χ4v) is 5.18. The zero-order valence-corrected chi connectivity index (χ0v) is 21.8. The lowest BCUT2D eigenvalue weighted by atomic mass is 10.0. The third-order valence-corrected chi connectivity index (χ3v) is 7.97. The molecule has 0 radical (unpaired) electrons. The van der Waals surface area contributed by atoms with Crippen molar-refractivity contribution in [2.45, 2.75) is 29.4 Å². The molecule has 0 aliphatic carbocycles. The topological polar surface area (TPSA) is 133 Å². The number of hydrogen-bond acceptors (Lipinski definition) is 4. The van der Waals surface area contributed by atoms with E-state index in [0.29, 0.717) is 12.0 Å². The summed E-state index contributed by atoms with van der Waals surface area (Å²) in [5.41, 5.74) is -3.99. The standard InChI is InChI=1S/C26H27F2N2O6PS/c27-26(28,37(32,33)34)22-16-14-21(15-17-22)19-24(30-38(35,36)23-12-5-2-6-13-23)25(31)29-18-8-7-11-20-9-3-1-4-10-20/h1-7,9-17,24,30H,8,18-19H2,(H,29,31)(H2,32,33,34)/t24-/m0/s1. The van der Waals surface area contributed by atoms with Gasteiger partial charge in [0.25, 0.3) is 0 Å². The van der Waals surface area contributed by atoms with Crippen LogP contribution in [0.4, 0.5) is 8.78 Å². The van der Waals surface area contributed by atoms with Gasteiger partial charge in [-0.3, -0.25) is 9.36 Å².